The molecular formula is C8H10N2O4S. The number of hydrogen-bond acceptors (Lipinski definition) is 4. The summed E-state index contributed by atoms with van der Waals surface area (Å²) in [5.41, 5.74) is 5.68. The molecule has 4 N–H and O–H groups in total. The molecule has 0 saturated carbocycles. The van der Waals surface area contributed by atoms with E-state index >= 15 is 0 Å². The first-order chi connectivity index (χ1) is 6.79. The van der Waals surface area contributed by atoms with Gasteiger partial charge in [0.25, 0.3) is 0 Å². The minimum Gasteiger partial charge on any atom is -0.478 e. The van der Waals surface area contributed by atoms with Crippen molar-refractivity contribution in [3.63, 3.8) is 0 Å². The lowest BCUT2D eigenvalue weighted by Crippen LogP contribution is -2.12. The summed E-state index contributed by atoms with van der Waals surface area (Å²) in [6.07, 6.45) is 0.958. The van der Waals surface area contributed by atoms with Crippen LogP contribution in [0.25, 0.3) is 0 Å². The molecule has 0 fully saturated rings. The molecule has 0 aliphatic heterocycles. The van der Waals surface area contributed by atoms with Crippen LogP contribution in [-0.2, 0) is 10.0 Å². The molecule has 1 aromatic rings. The standard InChI is InChI=1S/C8H10N2O4S/c1-15(13,14)10-7-4-5(8(11)12)2-3-6(7)9/h2-4,10H,9H2,1H3,(H,11,12). The maximum atomic E-state index is 10.9. The van der Waals surface area contributed by atoms with E-state index in [2.05, 4.69) is 4.72 Å². The van der Waals surface area contributed by atoms with Gasteiger partial charge in [-0.2, -0.15) is 0 Å². The number of rotatable bonds is 3. The second-order valence-corrected chi connectivity index (χ2v) is 4.73. The number of hydrogen-bond donors (Lipinski definition) is 3. The van der Waals surface area contributed by atoms with E-state index in [1.165, 1.54) is 18.2 Å². The number of carbonyl (C=O) groups is 1. The van der Waals surface area contributed by atoms with Crippen LogP contribution in [0.2, 0.25) is 0 Å². The fourth-order valence-electron chi connectivity index (χ4n) is 0.977. The van der Waals surface area contributed by atoms with Crippen LogP contribution < -0.4 is 10.5 Å². The second kappa shape index (κ2) is 3.77. The number of benzene rings is 1. The van der Waals surface area contributed by atoms with E-state index in [1.54, 1.807) is 0 Å². The molecule has 6 nitrogen and oxygen atoms in total. The van der Waals surface area contributed by atoms with Crippen LogP contribution in [0.3, 0.4) is 0 Å². The van der Waals surface area contributed by atoms with Gasteiger partial charge in [0.05, 0.1) is 23.2 Å². The summed E-state index contributed by atoms with van der Waals surface area (Å²) in [6.45, 7) is 0. The van der Waals surface area contributed by atoms with Gasteiger partial charge in [0.15, 0.2) is 0 Å². The molecule has 1 rings (SSSR count). The monoisotopic (exact) mass is 230 g/mol. The smallest absolute Gasteiger partial charge is 0.335 e. The van der Waals surface area contributed by atoms with Gasteiger partial charge in [0.1, 0.15) is 0 Å². The van der Waals surface area contributed by atoms with Crippen molar-refractivity contribution >= 4 is 27.4 Å². The molecule has 0 aliphatic carbocycles. The van der Waals surface area contributed by atoms with Gasteiger partial charge in [-0.1, -0.05) is 0 Å². The zero-order valence-corrected chi connectivity index (χ0v) is 8.71. The molecule has 0 saturated heterocycles. The van der Waals surface area contributed by atoms with Crippen LogP contribution in [0, 0.1) is 0 Å². The number of aromatic carboxylic acids is 1. The van der Waals surface area contributed by atoms with Crippen LogP contribution in [-0.4, -0.2) is 25.7 Å². The van der Waals surface area contributed by atoms with Crippen LogP contribution >= 0.6 is 0 Å². The maximum absolute atomic E-state index is 10.9. The third kappa shape index (κ3) is 3.13. The highest BCUT2D eigenvalue weighted by molar-refractivity contribution is 7.92. The molecule has 0 unspecified atom stereocenters. The Morgan fingerprint density at radius 1 is 1.47 bits per heavy atom. The third-order valence-electron chi connectivity index (χ3n) is 1.60. The lowest BCUT2D eigenvalue weighted by Gasteiger charge is -2.07. The summed E-state index contributed by atoms with van der Waals surface area (Å²) >= 11 is 0. The minimum atomic E-state index is -3.47. The van der Waals surface area contributed by atoms with Crippen molar-refractivity contribution in [3.8, 4) is 0 Å². The van der Waals surface area contributed by atoms with E-state index < -0.39 is 16.0 Å². The van der Waals surface area contributed by atoms with Crippen molar-refractivity contribution in [2.45, 2.75) is 0 Å². The van der Waals surface area contributed by atoms with Gasteiger partial charge in [0.2, 0.25) is 10.0 Å². The van der Waals surface area contributed by atoms with Gasteiger partial charge >= 0.3 is 5.97 Å². The number of anilines is 2. The topological polar surface area (TPSA) is 109 Å². The molecule has 0 heterocycles. The summed E-state index contributed by atoms with van der Waals surface area (Å²) in [4.78, 5) is 10.6. The van der Waals surface area contributed by atoms with E-state index in [1.807, 2.05) is 0 Å². The fourth-order valence-corrected chi connectivity index (χ4v) is 1.55. The summed E-state index contributed by atoms with van der Waals surface area (Å²) in [5, 5.41) is 8.68. The van der Waals surface area contributed by atoms with E-state index in [4.69, 9.17) is 10.8 Å². The van der Waals surface area contributed by atoms with Crippen LogP contribution in [0.15, 0.2) is 18.2 Å². The molecule has 0 spiro atoms. The predicted molar refractivity (Wildman–Crippen MR) is 56.3 cm³/mol. The number of nitrogen functional groups attached to an aromatic ring is 1. The van der Waals surface area contributed by atoms with Gasteiger partial charge in [-0.25, -0.2) is 13.2 Å². The first-order valence-electron chi connectivity index (χ1n) is 3.90. The highest BCUT2D eigenvalue weighted by Crippen LogP contribution is 2.20. The first kappa shape index (κ1) is 11.3. The Kier molecular flexibility index (Phi) is 2.85. The van der Waals surface area contributed by atoms with Crippen LogP contribution in [0.5, 0.6) is 0 Å². The Bertz CT molecular complexity index is 495. The largest absolute Gasteiger partial charge is 0.478 e. The molecular weight excluding hydrogens is 220 g/mol. The number of nitrogens with one attached hydrogen (secondary N) is 1. The average molecular weight is 230 g/mol. The molecule has 0 aliphatic rings. The van der Waals surface area contributed by atoms with Crippen molar-refractivity contribution in [1.29, 1.82) is 0 Å². The average Bonchev–Trinajstić information content (AvgIpc) is 2.06. The van der Waals surface area contributed by atoms with E-state index in [0.717, 1.165) is 6.26 Å². The Morgan fingerprint density at radius 3 is 2.53 bits per heavy atom. The molecule has 7 heteroatoms. The zero-order chi connectivity index (χ0) is 11.6. The van der Waals surface area contributed by atoms with Gasteiger partial charge in [-0.3, -0.25) is 4.72 Å². The fraction of sp³-hybridized carbons (Fsp3) is 0.125. The molecule has 0 atom stereocenters. The number of carboxylic acid groups (broad SMARTS) is 1. The Morgan fingerprint density at radius 2 is 2.07 bits per heavy atom. The van der Waals surface area contributed by atoms with Crippen molar-refractivity contribution in [1.82, 2.24) is 0 Å². The zero-order valence-electron chi connectivity index (χ0n) is 7.89. The summed E-state index contributed by atoms with van der Waals surface area (Å²) in [6, 6.07) is 3.79. The highest BCUT2D eigenvalue weighted by atomic mass is 32.2. The minimum absolute atomic E-state index is 0.0321. The Labute approximate surface area is 86.8 Å². The highest BCUT2D eigenvalue weighted by Gasteiger charge is 2.09. The maximum Gasteiger partial charge on any atom is 0.335 e. The van der Waals surface area contributed by atoms with E-state index in [0.29, 0.717) is 0 Å². The Balaban J connectivity index is 3.17. The van der Waals surface area contributed by atoms with Crippen molar-refractivity contribution in [2.75, 3.05) is 16.7 Å². The summed E-state index contributed by atoms with van der Waals surface area (Å²) in [7, 11) is -3.47. The lowest BCUT2D eigenvalue weighted by molar-refractivity contribution is 0.0697. The quantitative estimate of drug-likeness (QED) is 0.648. The summed E-state index contributed by atoms with van der Waals surface area (Å²) in [5.74, 6) is -1.15. The summed E-state index contributed by atoms with van der Waals surface area (Å²) < 4.78 is 24.0. The number of carboxylic acids is 1. The normalized spacial score (nSPS) is 11.0. The first-order valence-corrected chi connectivity index (χ1v) is 5.79. The third-order valence-corrected chi connectivity index (χ3v) is 2.19. The molecule has 0 bridgehead atoms. The van der Waals surface area contributed by atoms with E-state index in [9.17, 15) is 13.2 Å². The van der Waals surface area contributed by atoms with Crippen LogP contribution in [0.4, 0.5) is 11.4 Å². The molecule has 0 amide bonds. The number of nitrogens with two attached hydrogens (primary N) is 1. The van der Waals surface area contributed by atoms with Crippen molar-refractivity contribution < 1.29 is 18.3 Å². The van der Waals surface area contributed by atoms with E-state index in [-0.39, 0.29) is 16.9 Å². The SMILES string of the molecule is CS(=O)(=O)Nc1cc(C(=O)O)ccc1N. The number of sulfonamides is 1. The molecule has 82 valence electrons. The second-order valence-electron chi connectivity index (χ2n) is 2.98. The molecule has 15 heavy (non-hydrogen) atoms. The van der Waals surface area contributed by atoms with Gasteiger partial charge in [-0.15, -0.1) is 0 Å². The van der Waals surface area contributed by atoms with Crippen molar-refractivity contribution in [3.05, 3.63) is 23.8 Å². The van der Waals surface area contributed by atoms with Crippen LogP contribution in [0.1, 0.15) is 10.4 Å². The Hall–Kier alpha value is -1.76. The van der Waals surface area contributed by atoms with Gasteiger partial charge in [0, 0.05) is 0 Å². The van der Waals surface area contributed by atoms with Crippen molar-refractivity contribution in [2.24, 2.45) is 0 Å². The molecule has 1 aromatic carbocycles. The molecule has 0 aromatic heterocycles. The lowest BCUT2D eigenvalue weighted by atomic mass is 10.2. The van der Waals surface area contributed by atoms with Gasteiger partial charge < -0.3 is 10.8 Å². The molecule has 0 radical (unpaired) electrons. The predicted octanol–water partition coefficient (Wildman–Crippen LogP) is 0.338. The van der Waals surface area contributed by atoms with Gasteiger partial charge in [-0.05, 0) is 18.2 Å².